The molecule has 0 aromatic rings. The third kappa shape index (κ3) is 4.07. The third-order valence-electron chi connectivity index (χ3n) is 2.48. The van der Waals surface area contributed by atoms with Crippen LogP contribution in [0.1, 0.15) is 27.2 Å². The summed E-state index contributed by atoms with van der Waals surface area (Å²) in [7, 11) is 4.29. The van der Waals surface area contributed by atoms with Gasteiger partial charge in [-0.05, 0) is 38.9 Å². The zero-order valence-electron chi connectivity index (χ0n) is 9.17. The number of rotatable bonds is 5. The van der Waals surface area contributed by atoms with Gasteiger partial charge in [-0.1, -0.05) is 20.8 Å². The first-order valence-corrected chi connectivity index (χ1v) is 4.85. The second-order valence-corrected chi connectivity index (χ2v) is 4.35. The van der Waals surface area contributed by atoms with Crippen LogP contribution in [0.25, 0.3) is 0 Å². The van der Waals surface area contributed by atoms with Gasteiger partial charge in [0, 0.05) is 6.04 Å². The van der Waals surface area contributed by atoms with Crippen molar-refractivity contribution >= 4 is 0 Å². The largest absolute Gasteiger partial charge is 0.330 e. The van der Waals surface area contributed by atoms with Crippen molar-refractivity contribution in [2.24, 2.45) is 17.6 Å². The molecule has 2 unspecified atom stereocenters. The molecule has 2 nitrogen and oxygen atoms in total. The Labute approximate surface area is 77.1 Å². The van der Waals surface area contributed by atoms with Gasteiger partial charge in [-0.3, -0.25) is 0 Å². The van der Waals surface area contributed by atoms with E-state index >= 15 is 0 Å². The fourth-order valence-corrected chi connectivity index (χ4v) is 1.59. The topological polar surface area (TPSA) is 29.3 Å². The Morgan fingerprint density at radius 1 is 1.17 bits per heavy atom. The molecule has 2 N–H and O–H groups in total. The van der Waals surface area contributed by atoms with Gasteiger partial charge in [0.25, 0.3) is 0 Å². The van der Waals surface area contributed by atoms with Crippen LogP contribution in [-0.2, 0) is 0 Å². The molecule has 12 heavy (non-hydrogen) atoms. The van der Waals surface area contributed by atoms with Gasteiger partial charge in [0.1, 0.15) is 0 Å². The monoisotopic (exact) mass is 172 g/mol. The molecule has 0 aliphatic heterocycles. The number of hydrogen-bond donors (Lipinski definition) is 1. The molecule has 0 aliphatic carbocycles. The quantitative estimate of drug-likeness (QED) is 0.682. The number of hydrogen-bond acceptors (Lipinski definition) is 2. The first-order chi connectivity index (χ1) is 5.49. The van der Waals surface area contributed by atoms with E-state index in [2.05, 4.69) is 39.8 Å². The second kappa shape index (κ2) is 5.55. The van der Waals surface area contributed by atoms with E-state index in [4.69, 9.17) is 5.73 Å². The Balaban J connectivity index is 3.95. The molecule has 74 valence electrons. The molecule has 0 aliphatic rings. The van der Waals surface area contributed by atoms with Gasteiger partial charge in [-0.2, -0.15) is 0 Å². The molecule has 0 aromatic heterocycles. The lowest BCUT2D eigenvalue weighted by Crippen LogP contribution is -2.35. The lowest BCUT2D eigenvalue weighted by molar-refractivity contribution is 0.197. The highest BCUT2D eigenvalue weighted by Gasteiger charge is 2.17. The van der Waals surface area contributed by atoms with Crippen molar-refractivity contribution < 1.29 is 0 Å². The molecule has 0 bridgehead atoms. The second-order valence-electron chi connectivity index (χ2n) is 4.35. The number of nitrogens with zero attached hydrogens (tertiary/aromatic N) is 1. The van der Waals surface area contributed by atoms with Crippen LogP contribution in [0.5, 0.6) is 0 Å². The molecule has 2 heteroatoms. The fraction of sp³-hybridized carbons (Fsp3) is 1.00. The van der Waals surface area contributed by atoms with E-state index in [1.807, 2.05) is 0 Å². The molecule has 0 rings (SSSR count). The van der Waals surface area contributed by atoms with Crippen LogP contribution in [0.3, 0.4) is 0 Å². The molecule has 0 saturated carbocycles. The molecule has 0 spiro atoms. The van der Waals surface area contributed by atoms with Gasteiger partial charge in [0.2, 0.25) is 0 Å². The van der Waals surface area contributed by atoms with E-state index in [-0.39, 0.29) is 0 Å². The Morgan fingerprint density at radius 2 is 1.67 bits per heavy atom. The first-order valence-electron chi connectivity index (χ1n) is 4.85. The molecule has 0 amide bonds. The SMILES string of the molecule is CC(CN)CC(C(C)C)N(C)C. The van der Waals surface area contributed by atoms with E-state index in [1.54, 1.807) is 0 Å². The molecule has 0 radical (unpaired) electrons. The smallest absolute Gasteiger partial charge is 0.0115 e. The maximum absolute atomic E-state index is 5.60. The van der Waals surface area contributed by atoms with E-state index in [1.165, 1.54) is 6.42 Å². The van der Waals surface area contributed by atoms with E-state index < -0.39 is 0 Å². The van der Waals surface area contributed by atoms with Gasteiger partial charge in [0.15, 0.2) is 0 Å². The molecule has 0 aromatic carbocycles. The predicted molar refractivity (Wildman–Crippen MR) is 55.1 cm³/mol. The van der Waals surface area contributed by atoms with Gasteiger partial charge < -0.3 is 10.6 Å². The van der Waals surface area contributed by atoms with Crippen LogP contribution in [0.4, 0.5) is 0 Å². The summed E-state index contributed by atoms with van der Waals surface area (Å²) < 4.78 is 0. The Bertz CT molecular complexity index is 102. The Hall–Kier alpha value is -0.0800. The maximum Gasteiger partial charge on any atom is 0.0115 e. The predicted octanol–water partition coefficient (Wildman–Crippen LogP) is 1.56. The number of nitrogens with two attached hydrogens (primary N) is 1. The molecular formula is C10H24N2. The normalized spacial score (nSPS) is 17.0. The average Bonchev–Trinajstić information content (AvgIpc) is 1.98. The van der Waals surface area contributed by atoms with Crippen molar-refractivity contribution in [2.75, 3.05) is 20.6 Å². The molecule has 0 fully saturated rings. The minimum absolute atomic E-state index is 0.639. The van der Waals surface area contributed by atoms with Crippen LogP contribution >= 0.6 is 0 Å². The summed E-state index contributed by atoms with van der Waals surface area (Å²) in [5, 5.41) is 0. The zero-order chi connectivity index (χ0) is 9.72. The van der Waals surface area contributed by atoms with E-state index in [9.17, 15) is 0 Å². The molecular weight excluding hydrogens is 148 g/mol. The third-order valence-corrected chi connectivity index (χ3v) is 2.48. The summed E-state index contributed by atoms with van der Waals surface area (Å²) in [5.74, 6) is 1.36. The molecule has 2 atom stereocenters. The van der Waals surface area contributed by atoms with E-state index in [0.29, 0.717) is 17.9 Å². The van der Waals surface area contributed by atoms with Gasteiger partial charge >= 0.3 is 0 Å². The molecule has 0 saturated heterocycles. The highest BCUT2D eigenvalue weighted by atomic mass is 15.1. The van der Waals surface area contributed by atoms with Crippen LogP contribution in [0.2, 0.25) is 0 Å². The fourth-order valence-electron chi connectivity index (χ4n) is 1.59. The summed E-state index contributed by atoms with van der Waals surface area (Å²) >= 11 is 0. The Morgan fingerprint density at radius 3 is 1.92 bits per heavy atom. The standard InChI is InChI=1S/C10H24N2/c1-8(2)10(12(4)5)6-9(3)7-11/h8-10H,6-7,11H2,1-5H3. The van der Waals surface area contributed by atoms with Crippen LogP contribution in [0, 0.1) is 11.8 Å². The molecule has 0 heterocycles. The summed E-state index contributed by atoms with van der Waals surface area (Å²) in [6.07, 6.45) is 1.21. The highest BCUT2D eigenvalue weighted by molar-refractivity contribution is 4.72. The van der Waals surface area contributed by atoms with Crippen molar-refractivity contribution in [1.29, 1.82) is 0 Å². The van der Waals surface area contributed by atoms with Crippen molar-refractivity contribution in [1.82, 2.24) is 4.90 Å². The summed E-state index contributed by atoms with van der Waals surface area (Å²) in [4.78, 5) is 2.30. The van der Waals surface area contributed by atoms with Crippen molar-refractivity contribution in [3.63, 3.8) is 0 Å². The minimum atomic E-state index is 0.639. The highest BCUT2D eigenvalue weighted by Crippen LogP contribution is 2.16. The van der Waals surface area contributed by atoms with Crippen molar-refractivity contribution in [3.05, 3.63) is 0 Å². The lowest BCUT2D eigenvalue weighted by Gasteiger charge is -2.30. The van der Waals surface area contributed by atoms with Crippen molar-refractivity contribution in [2.45, 2.75) is 33.2 Å². The van der Waals surface area contributed by atoms with Crippen LogP contribution in [0.15, 0.2) is 0 Å². The summed E-state index contributed by atoms with van der Waals surface area (Å²) in [5.41, 5.74) is 5.60. The van der Waals surface area contributed by atoms with Crippen molar-refractivity contribution in [3.8, 4) is 0 Å². The zero-order valence-corrected chi connectivity index (χ0v) is 9.17. The van der Waals surface area contributed by atoms with Gasteiger partial charge in [-0.15, -0.1) is 0 Å². The van der Waals surface area contributed by atoms with Crippen LogP contribution < -0.4 is 5.73 Å². The Kier molecular flexibility index (Phi) is 5.51. The van der Waals surface area contributed by atoms with Crippen LogP contribution in [-0.4, -0.2) is 31.6 Å². The van der Waals surface area contributed by atoms with E-state index in [0.717, 1.165) is 6.54 Å². The lowest BCUT2D eigenvalue weighted by atomic mass is 9.93. The maximum atomic E-state index is 5.60. The van der Waals surface area contributed by atoms with Gasteiger partial charge in [0.05, 0.1) is 0 Å². The average molecular weight is 172 g/mol. The first kappa shape index (κ1) is 11.9. The minimum Gasteiger partial charge on any atom is -0.330 e. The summed E-state index contributed by atoms with van der Waals surface area (Å²) in [6.45, 7) is 7.57. The summed E-state index contributed by atoms with van der Waals surface area (Å²) in [6, 6.07) is 0.670. The van der Waals surface area contributed by atoms with Gasteiger partial charge in [-0.25, -0.2) is 0 Å².